The topological polar surface area (TPSA) is 17.1 Å². The van der Waals surface area contributed by atoms with Gasteiger partial charge in [-0.1, -0.05) is 129 Å². The van der Waals surface area contributed by atoms with E-state index in [1.807, 2.05) is 26.0 Å². The highest BCUT2D eigenvalue weighted by Gasteiger charge is 2.09. The quantitative estimate of drug-likeness (QED) is 0.198. The summed E-state index contributed by atoms with van der Waals surface area (Å²) in [7, 11) is 0. The van der Waals surface area contributed by atoms with Crippen molar-refractivity contribution in [2.24, 2.45) is 5.92 Å². The molecule has 0 aliphatic rings. The molecule has 1 aromatic rings. The number of hydrogen-bond acceptors (Lipinski definition) is 1. The van der Waals surface area contributed by atoms with E-state index in [1.165, 1.54) is 95.5 Å². The van der Waals surface area contributed by atoms with Crippen LogP contribution in [0.4, 0.5) is 0 Å². The van der Waals surface area contributed by atoms with Gasteiger partial charge in [-0.05, 0) is 18.4 Å². The van der Waals surface area contributed by atoms with Crippen LogP contribution in [-0.4, -0.2) is 5.78 Å². The molecule has 27 heavy (non-hydrogen) atoms. The zero-order chi connectivity index (χ0) is 19.7. The van der Waals surface area contributed by atoms with Crippen LogP contribution in [0.25, 0.3) is 0 Å². The Bertz CT molecular complexity index is 471. The fourth-order valence-electron chi connectivity index (χ4n) is 3.69. The predicted octanol–water partition coefficient (Wildman–Crippen LogP) is 8.55. The van der Waals surface area contributed by atoms with E-state index in [1.54, 1.807) is 0 Å². The lowest BCUT2D eigenvalue weighted by Gasteiger charge is -2.06. The van der Waals surface area contributed by atoms with Gasteiger partial charge in [0.15, 0.2) is 5.78 Å². The molecule has 0 atom stereocenters. The third-order valence-electron chi connectivity index (χ3n) is 5.58. The summed E-state index contributed by atoms with van der Waals surface area (Å²) in [4.78, 5) is 12.0. The number of rotatable bonds is 17. The molecule has 0 aromatic heterocycles. The maximum atomic E-state index is 12.0. The molecule has 0 radical (unpaired) electrons. The SMILES string of the molecule is CCCCCCCCCCCCCCCCc1ccc(C(=O)C(C)C)cc1. The van der Waals surface area contributed by atoms with E-state index >= 15 is 0 Å². The van der Waals surface area contributed by atoms with Gasteiger partial charge >= 0.3 is 0 Å². The molecular weight excluding hydrogens is 328 g/mol. The van der Waals surface area contributed by atoms with Gasteiger partial charge in [-0.25, -0.2) is 0 Å². The minimum atomic E-state index is 0.0849. The zero-order valence-electron chi connectivity index (χ0n) is 18.4. The molecular formula is C26H44O. The van der Waals surface area contributed by atoms with Crippen LogP contribution in [-0.2, 0) is 6.42 Å². The third kappa shape index (κ3) is 12.1. The van der Waals surface area contributed by atoms with Gasteiger partial charge in [0.05, 0.1) is 0 Å². The third-order valence-corrected chi connectivity index (χ3v) is 5.58. The fourth-order valence-corrected chi connectivity index (χ4v) is 3.69. The van der Waals surface area contributed by atoms with Crippen molar-refractivity contribution >= 4 is 5.78 Å². The first-order valence-corrected chi connectivity index (χ1v) is 11.8. The van der Waals surface area contributed by atoms with Gasteiger partial charge in [-0.2, -0.15) is 0 Å². The molecule has 0 saturated carbocycles. The minimum absolute atomic E-state index is 0.0849. The normalized spacial score (nSPS) is 11.3. The first-order chi connectivity index (χ1) is 13.1. The van der Waals surface area contributed by atoms with Gasteiger partial charge in [0.2, 0.25) is 0 Å². The monoisotopic (exact) mass is 372 g/mol. The molecule has 0 bridgehead atoms. The number of unbranched alkanes of at least 4 members (excludes halogenated alkanes) is 13. The molecule has 0 amide bonds. The Morgan fingerprint density at radius 2 is 1.07 bits per heavy atom. The second kappa shape index (κ2) is 15.9. The summed E-state index contributed by atoms with van der Waals surface area (Å²) < 4.78 is 0. The van der Waals surface area contributed by atoms with E-state index in [2.05, 4.69) is 19.1 Å². The number of carbonyl (C=O) groups excluding carboxylic acids is 1. The molecule has 0 aliphatic heterocycles. The summed E-state index contributed by atoms with van der Waals surface area (Å²) in [5.41, 5.74) is 2.23. The van der Waals surface area contributed by atoms with E-state index in [0.29, 0.717) is 0 Å². The van der Waals surface area contributed by atoms with Crippen molar-refractivity contribution in [3.05, 3.63) is 35.4 Å². The van der Waals surface area contributed by atoms with Gasteiger partial charge in [0.1, 0.15) is 0 Å². The molecule has 0 aliphatic carbocycles. The van der Waals surface area contributed by atoms with Gasteiger partial charge in [-0.15, -0.1) is 0 Å². The zero-order valence-corrected chi connectivity index (χ0v) is 18.4. The summed E-state index contributed by atoms with van der Waals surface area (Å²) >= 11 is 0. The lowest BCUT2D eigenvalue weighted by atomic mass is 9.98. The van der Waals surface area contributed by atoms with Crippen LogP contribution in [0.5, 0.6) is 0 Å². The van der Waals surface area contributed by atoms with Gasteiger partial charge in [0.25, 0.3) is 0 Å². The second-order valence-corrected chi connectivity index (χ2v) is 8.56. The molecule has 1 nitrogen and oxygen atoms in total. The van der Waals surface area contributed by atoms with Crippen molar-refractivity contribution in [3.63, 3.8) is 0 Å². The maximum absolute atomic E-state index is 12.0. The second-order valence-electron chi connectivity index (χ2n) is 8.56. The Balaban J connectivity index is 1.92. The van der Waals surface area contributed by atoms with Crippen LogP contribution in [0.3, 0.4) is 0 Å². The van der Waals surface area contributed by atoms with Crippen molar-refractivity contribution < 1.29 is 4.79 Å². The molecule has 154 valence electrons. The lowest BCUT2D eigenvalue weighted by Crippen LogP contribution is -2.07. The predicted molar refractivity (Wildman–Crippen MR) is 120 cm³/mol. The summed E-state index contributed by atoms with van der Waals surface area (Å²) in [5.74, 6) is 0.333. The molecule has 0 saturated heterocycles. The summed E-state index contributed by atoms with van der Waals surface area (Å²) in [5, 5.41) is 0. The first kappa shape index (κ1) is 23.9. The molecule has 0 spiro atoms. The van der Waals surface area contributed by atoms with Crippen LogP contribution < -0.4 is 0 Å². The number of benzene rings is 1. The molecule has 1 aromatic carbocycles. The van der Waals surface area contributed by atoms with Crippen LogP contribution in [0.1, 0.15) is 127 Å². The van der Waals surface area contributed by atoms with Crippen LogP contribution in [0, 0.1) is 5.92 Å². The highest BCUT2D eigenvalue weighted by Crippen LogP contribution is 2.15. The number of hydrogen-bond donors (Lipinski definition) is 0. The number of carbonyl (C=O) groups is 1. The molecule has 0 unspecified atom stereocenters. The van der Waals surface area contributed by atoms with Gasteiger partial charge < -0.3 is 0 Å². The summed E-state index contributed by atoms with van der Waals surface area (Å²) in [6, 6.07) is 8.28. The Morgan fingerprint density at radius 1 is 0.667 bits per heavy atom. The van der Waals surface area contributed by atoms with Crippen LogP contribution in [0.15, 0.2) is 24.3 Å². The fraction of sp³-hybridized carbons (Fsp3) is 0.731. The van der Waals surface area contributed by atoms with Crippen molar-refractivity contribution in [1.82, 2.24) is 0 Å². The van der Waals surface area contributed by atoms with E-state index < -0.39 is 0 Å². The van der Waals surface area contributed by atoms with Crippen molar-refractivity contribution in [1.29, 1.82) is 0 Å². The Kier molecular flexibility index (Phi) is 14.1. The van der Waals surface area contributed by atoms with E-state index in [-0.39, 0.29) is 11.7 Å². The Hall–Kier alpha value is -1.11. The average molecular weight is 373 g/mol. The van der Waals surface area contributed by atoms with Gasteiger partial charge in [-0.3, -0.25) is 4.79 Å². The Labute approximate surface area is 169 Å². The maximum Gasteiger partial charge on any atom is 0.165 e. The molecule has 0 heterocycles. The Morgan fingerprint density at radius 3 is 1.48 bits per heavy atom. The standard InChI is InChI=1S/C26H44O/c1-4-5-6-7-8-9-10-11-12-13-14-15-16-17-18-24-19-21-25(22-20-24)26(27)23(2)3/h19-23H,4-18H2,1-3H3. The van der Waals surface area contributed by atoms with Crippen molar-refractivity contribution in [2.75, 3.05) is 0 Å². The van der Waals surface area contributed by atoms with Crippen molar-refractivity contribution in [3.8, 4) is 0 Å². The molecule has 0 fully saturated rings. The summed E-state index contributed by atoms with van der Waals surface area (Å²) in [6.07, 6.45) is 20.8. The number of aryl methyl sites for hydroxylation is 1. The minimum Gasteiger partial charge on any atom is -0.294 e. The van der Waals surface area contributed by atoms with E-state index in [9.17, 15) is 4.79 Å². The smallest absolute Gasteiger partial charge is 0.165 e. The van der Waals surface area contributed by atoms with E-state index in [0.717, 1.165) is 12.0 Å². The van der Waals surface area contributed by atoms with Crippen molar-refractivity contribution in [2.45, 2.75) is 117 Å². The van der Waals surface area contributed by atoms with Gasteiger partial charge in [0, 0.05) is 11.5 Å². The van der Waals surface area contributed by atoms with Crippen LogP contribution >= 0.6 is 0 Å². The number of Topliss-reactive ketones (excluding diaryl/α,β-unsaturated/α-hetero) is 1. The molecule has 0 N–H and O–H groups in total. The molecule has 1 heteroatoms. The summed E-state index contributed by atoms with van der Waals surface area (Å²) in [6.45, 7) is 6.21. The largest absolute Gasteiger partial charge is 0.294 e. The average Bonchev–Trinajstić information content (AvgIpc) is 2.68. The van der Waals surface area contributed by atoms with Crippen LogP contribution in [0.2, 0.25) is 0 Å². The van der Waals surface area contributed by atoms with E-state index in [4.69, 9.17) is 0 Å². The highest BCUT2D eigenvalue weighted by molar-refractivity contribution is 5.97. The first-order valence-electron chi connectivity index (χ1n) is 11.8. The lowest BCUT2D eigenvalue weighted by molar-refractivity contribution is 0.0939. The number of ketones is 1. The molecule has 1 rings (SSSR count). The highest BCUT2D eigenvalue weighted by atomic mass is 16.1.